The summed E-state index contributed by atoms with van der Waals surface area (Å²) in [6, 6.07) is 15.0. The van der Waals surface area contributed by atoms with Crippen LogP contribution in [0.5, 0.6) is 0 Å². The van der Waals surface area contributed by atoms with Crippen molar-refractivity contribution in [3.05, 3.63) is 48.0 Å². The molecule has 2 fully saturated rings. The van der Waals surface area contributed by atoms with Crippen LogP contribution in [0.2, 0.25) is 0 Å². The Morgan fingerprint density at radius 2 is 1.68 bits per heavy atom. The van der Waals surface area contributed by atoms with Gasteiger partial charge in [0.25, 0.3) is 0 Å². The number of rotatable bonds is 4. The zero-order chi connectivity index (χ0) is 19.5. The number of benzene rings is 2. The van der Waals surface area contributed by atoms with Crippen molar-refractivity contribution in [1.29, 1.82) is 0 Å². The van der Waals surface area contributed by atoms with Crippen LogP contribution in [0, 0.1) is 11.8 Å². The number of likely N-dealkylation sites (tertiary alicyclic amines) is 2. The van der Waals surface area contributed by atoms with E-state index in [0.717, 1.165) is 32.5 Å². The first kappa shape index (κ1) is 18.9. The third kappa shape index (κ3) is 4.04. The van der Waals surface area contributed by atoms with E-state index in [1.807, 2.05) is 4.90 Å². The van der Waals surface area contributed by atoms with Crippen LogP contribution in [0.25, 0.3) is 10.8 Å². The summed E-state index contributed by atoms with van der Waals surface area (Å²) >= 11 is 0. The molecule has 2 aromatic carbocycles. The Hall–Kier alpha value is -2.40. The maximum absolute atomic E-state index is 13.0. The van der Waals surface area contributed by atoms with Gasteiger partial charge in [-0.25, -0.2) is 0 Å². The quantitative estimate of drug-likeness (QED) is 0.888. The number of hydrogen-bond acceptors (Lipinski definition) is 3. The molecule has 2 N–H and O–H groups in total. The molecule has 148 valence electrons. The summed E-state index contributed by atoms with van der Waals surface area (Å²) in [6.45, 7) is 4.06. The number of piperidine rings is 2. The van der Waals surface area contributed by atoms with Gasteiger partial charge >= 0.3 is 0 Å². The monoisotopic (exact) mass is 379 g/mol. The van der Waals surface area contributed by atoms with Crippen LogP contribution in [0.4, 0.5) is 0 Å². The fraction of sp³-hybridized carbons (Fsp3) is 0.478. The smallest absolute Gasteiger partial charge is 0.226 e. The fourth-order valence-corrected chi connectivity index (χ4v) is 4.71. The molecular weight excluding hydrogens is 350 g/mol. The highest BCUT2D eigenvalue weighted by Crippen LogP contribution is 2.26. The summed E-state index contributed by atoms with van der Waals surface area (Å²) < 4.78 is 0. The molecule has 2 amide bonds. The predicted octanol–water partition coefficient (Wildman–Crippen LogP) is 2.78. The standard InChI is InChI=1S/C23H29N3O2/c24-22(27)18-10-13-26(14-11-18)23(28)20-8-4-12-25(16-20)15-19-7-3-6-17-5-1-2-9-21(17)19/h1-3,5-7,9,18,20H,4,8,10-16H2,(H2,24,27). The lowest BCUT2D eigenvalue weighted by molar-refractivity contribution is -0.140. The van der Waals surface area contributed by atoms with E-state index in [1.165, 1.54) is 16.3 Å². The summed E-state index contributed by atoms with van der Waals surface area (Å²) in [5.41, 5.74) is 6.74. The van der Waals surface area contributed by atoms with E-state index >= 15 is 0 Å². The molecule has 0 bridgehead atoms. The van der Waals surface area contributed by atoms with E-state index < -0.39 is 0 Å². The number of fused-ring (bicyclic) bond motifs is 1. The van der Waals surface area contributed by atoms with E-state index in [0.29, 0.717) is 25.9 Å². The van der Waals surface area contributed by atoms with Crippen molar-refractivity contribution in [1.82, 2.24) is 9.80 Å². The lowest BCUT2D eigenvalue weighted by Crippen LogP contribution is -2.48. The molecule has 4 rings (SSSR count). The fourth-order valence-electron chi connectivity index (χ4n) is 4.71. The van der Waals surface area contributed by atoms with Gasteiger partial charge in [-0.05, 0) is 48.6 Å². The number of nitrogens with zero attached hydrogens (tertiary/aromatic N) is 2. The Morgan fingerprint density at radius 3 is 2.46 bits per heavy atom. The summed E-state index contributed by atoms with van der Waals surface area (Å²) in [5, 5.41) is 2.56. The van der Waals surface area contributed by atoms with Crippen LogP contribution >= 0.6 is 0 Å². The molecule has 1 unspecified atom stereocenters. The number of primary amides is 1. The van der Waals surface area contributed by atoms with Crippen molar-refractivity contribution in [2.24, 2.45) is 17.6 Å². The second kappa shape index (κ2) is 8.31. The van der Waals surface area contributed by atoms with Crippen LogP contribution in [0.3, 0.4) is 0 Å². The van der Waals surface area contributed by atoms with Crippen LogP contribution in [-0.4, -0.2) is 47.8 Å². The third-order valence-electron chi connectivity index (χ3n) is 6.34. The molecule has 2 aliphatic rings. The number of hydrogen-bond donors (Lipinski definition) is 1. The second-order valence-corrected chi connectivity index (χ2v) is 8.21. The molecule has 2 heterocycles. The maximum atomic E-state index is 13.0. The highest BCUT2D eigenvalue weighted by Gasteiger charge is 2.32. The van der Waals surface area contributed by atoms with Crippen molar-refractivity contribution < 1.29 is 9.59 Å². The molecule has 2 aromatic rings. The van der Waals surface area contributed by atoms with Crippen molar-refractivity contribution in [2.75, 3.05) is 26.2 Å². The molecule has 5 heteroatoms. The van der Waals surface area contributed by atoms with Crippen LogP contribution in [0.15, 0.2) is 42.5 Å². The van der Waals surface area contributed by atoms with E-state index in [2.05, 4.69) is 47.4 Å². The normalized spacial score (nSPS) is 21.7. The van der Waals surface area contributed by atoms with Gasteiger partial charge < -0.3 is 10.6 Å². The molecule has 0 saturated carbocycles. The topological polar surface area (TPSA) is 66.6 Å². The molecule has 2 saturated heterocycles. The molecule has 5 nitrogen and oxygen atoms in total. The van der Waals surface area contributed by atoms with Crippen molar-refractivity contribution in [2.45, 2.75) is 32.2 Å². The maximum Gasteiger partial charge on any atom is 0.226 e. The van der Waals surface area contributed by atoms with Gasteiger partial charge in [-0.2, -0.15) is 0 Å². The Labute approximate surface area is 166 Å². The average Bonchev–Trinajstić information content (AvgIpc) is 2.74. The van der Waals surface area contributed by atoms with Gasteiger partial charge in [-0.15, -0.1) is 0 Å². The zero-order valence-corrected chi connectivity index (χ0v) is 16.3. The van der Waals surface area contributed by atoms with Gasteiger partial charge in [0.1, 0.15) is 0 Å². The average molecular weight is 380 g/mol. The first-order chi connectivity index (χ1) is 13.6. The minimum atomic E-state index is -0.231. The van der Waals surface area contributed by atoms with Crippen molar-refractivity contribution in [3.8, 4) is 0 Å². The van der Waals surface area contributed by atoms with E-state index in [4.69, 9.17) is 5.73 Å². The SMILES string of the molecule is NC(=O)C1CCN(C(=O)C2CCCN(Cc3cccc4ccccc34)C2)CC1. The minimum absolute atomic E-state index is 0.0638. The largest absolute Gasteiger partial charge is 0.369 e. The van der Waals surface area contributed by atoms with Crippen molar-refractivity contribution in [3.63, 3.8) is 0 Å². The summed E-state index contributed by atoms with van der Waals surface area (Å²) in [4.78, 5) is 28.7. The first-order valence-electron chi connectivity index (χ1n) is 10.4. The number of carbonyl (C=O) groups excluding carboxylic acids is 2. The lowest BCUT2D eigenvalue weighted by atomic mass is 9.92. The zero-order valence-electron chi connectivity index (χ0n) is 16.3. The van der Waals surface area contributed by atoms with Crippen LogP contribution in [0.1, 0.15) is 31.2 Å². The highest BCUT2D eigenvalue weighted by molar-refractivity contribution is 5.85. The van der Waals surface area contributed by atoms with Gasteiger partial charge in [0.15, 0.2) is 0 Å². The second-order valence-electron chi connectivity index (χ2n) is 8.21. The Kier molecular flexibility index (Phi) is 5.62. The predicted molar refractivity (Wildman–Crippen MR) is 110 cm³/mol. The Morgan fingerprint density at radius 1 is 0.929 bits per heavy atom. The molecule has 28 heavy (non-hydrogen) atoms. The number of amides is 2. The van der Waals surface area contributed by atoms with Crippen LogP contribution in [-0.2, 0) is 16.1 Å². The highest BCUT2D eigenvalue weighted by atomic mass is 16.2. The molecule has 0 aliphatic carbocycles. The van der Waals surface area contributed by atoms with Gasteiger partial charge in [-0.3, -0.25) is 14.5 Å². The van der Waals surface area contributed by atoms with E-state index in [1.54, 1.807) is 0 Å². The molecule has 0 aromatic heterocycles. The number of carbonyl (C=O) groups is 2. The summed E-state index contributed by atoms with van der Waals surface area (Å²) in [7, 11) is 0. The molecule has 0 spiro atoms. The molecule has 1 atom stereocenters. The number of nitrogens with two attached hydrogens (primary N) is 1. The van der Waals surface area contributed by atoms with Crippen LogP contribution < -0.4 is 5.73 Å². The van der Waals surface area contributed by atoms with E-state index in [-0.39, 0.29) is 23.7 Å². The minimum Gasteiger partial charge on any atom is -0.369 e. The van der Waals surface area contributed by atoms with Gasteiger partial charge in [0.2, 0.25) is 11.8 Å². The molecule has 2 aliphatic heterocycles. The Balaban J connectivity index is 1.39. The first-order valence-corrected chi connectivity index (χ1v) is 10.4. The Bertz CT molecular complexity index is 853. The van der Waals surface area contributed by atoms with Gasteiger partial charge in [-0.1, -0.05) is 42.5 Å². The third-order valence-corrected chi connectivity index (χ3v) is 6.34. The van der Waals surface area contributed by atoms with Crippen molar-refractivity contribution >= 4 is 22.6 Å². The van der Waals surface area contributed by atoms with E-state index in [9.17, 15) is 9.59 Å². The molecular formula is C23H29N3O2. The lowest BCUT2D eigenvalue weighted by Gasteiger charge is -2.37. The summed E-state index contributed by atoms with van der Waals surface area (Å²) in [6.07, 6.45) is 3.42. The molecule has 0 radical (unpaired) electrons. The van der Waals surface area contributed by atoms with Gasteiger partial charge in [0.05, 0.1) is 5.92 Å². The summed E-state index contributed by atoms with van der Waals surface area (Å²) in [5.74, 6) is 0.0173. The van der Waals surface area contributed by atoms with Gasteiger partial charge in [0, 0.05) is 32.1 Å².